The number of aromatic nitrogens is 4. The minimum absolute atomic E-state index is 0.0736. The van der Waals surface area contributed by atoms with Crippen LogP contribution in [0.4, 0.5) is 5.82 Å². The molecule has 0 saturated carbocycles. The van der Waals surface area contributed by atoms with E-state index in [4.69, 9.17) is 24.1 Å². The van der Waals surface area contributed by atoms with Crippen LogP contribution in [0, 0.1) is 6.92 Å². The average molecular weight is 462 g/mol. The van der Waals surface area contributed by atoms with Gasteiger partial charge in [-0.3, -0.25) is 4.18 Å². The normalized spacial score (nSPS) is 27.1. The molecule has 5 rings (SSSR count). The fourth-order valence-electron chi connectivity index (χ4n) is 3.96. The molecule has 0 unspecified atom stereocenters. The van der Waals surface area contributed by atoms with Gasteiger partial charge in [-0.25, -0.2) is 15.0 Å². The Morgan fingerprint density at radius 3 is 2.59 bits per heavy atom. The quantitative estimate of drug-likeness (QED) is 0.536. The molecule has 1 aromatic carbocycles. The summed E-state index contributed by atoms with van der Waals surface area (Å²) >= 11 is 0. The molecule has 3 N–H and O–H groups in total. The van der Waals surface area contributed by atoms with Gasteiger partial charge in [0.05, 0.1) is 11.5 Å². The van der Waals surface area contributed by atoms with Crippen molar-refractivity contribution in [2.45, 2.75) is 55.9 Å². The van der Waals surface area contributed by atoms with Gasteiger partial charge in [0.25, 0.3) is 10.1 Å². The van der Waals surface area contributed by atoms with E-state index in [2.05, 4.69) is 19.9 Å². The number of nitrogen functional groups attached to an aromatic ring is 1. The van der Waals surface area contributed by atoms with Crippen LogP contribution >= 0.6 is 0 Å². The second-order valence-electron chi connectivity index (χ2n) is 8.29. The first-order valence-corrected chi connectivity index (χ1v) is 11.5. The maximum atomic E-state index is 12.6. The highest BCUT2D eigenvalue weighted by Crippen LogP contribution is 2.45. The number of hydrogen-bond donors (Lipinski definition) is 2. The summed E-state index contributed by atoms with van der Waals surface area (Å²) in [6.07, 6.45) is -1.13. The Morgan fingerprint density at radius 1 is 1.16 bits per heavy atom. The van der Waals surface area contributed by atoms with E-state index >= 15 is 0 Å². The van der Waals surface area contributed by atoms with Crippen molar-refractivity contribution in [3.05, 3.63) is 42.0 Å². The summed E-state index contributed by atoms with van der Waals surface area (Å²) in [5.41, 5.74) is 7.73. The predicted octanol–water partition coefficient (Wildman–Crippen LogP) is 1.61. The molecule has 170 valence electrons. The first-order valence-electron chi connectivity index (χ1n) is 10.1. The van der Waals surface area contributed by atoms with Gasteiger partial charge in [0.15, 0.2) is 17.3 Å². The number of benzene rings is 1. The Hall–Kier alpha value is -2.64. The van der Waals surface area contributed by atoms with Crippen LogP contribution in [0.3, 0.4) is 0 Å². The summed E-state index contributed by atoms with van der Waals surface area (Å²) in [5, 5.41) is 0. The minimum atomic E-state index is -3.96. The van der Waals surface area contributed by atoms with Gasteiger partial charge < -0.3 is 24.9 Å². The number of fused-ring (bicyclic) bond motifs is 2. The second-order valence-corrected chi connectivity index (χ2v) is 9.91. The molecule has 0 spiro atoms. The molecule has 32 heavy (non-hydrogen) atoms. The fraction of sp³-hybridized carbons (Fsp3) is 0.450. The Balaban J connectivity index is 1.39. The van der Waals surface area contributed by atoms with E-state index in [1.807, 2.05) is 6.92 Å². The Bertz CT molecular complexity index is 1260. The molecule has 2 aliphatic rings. The van der Waals surface area contributed by atoms with Gasteiger partial charge in [-0.1, -0.05) is 17.7 Å². The van der Waals surface area contributed by atoms with Crippen LogP contribution in [-0.2, 0) is 28.5 Å². The standard InChI is InChI=1S/C20H23N5O6S/c1-10-4-6-11(7-5-10)32(26,27)28-8-12-14-15(31-20(2,3)30-14)16(29-12)19-24-13-17(21)22-9-23-18(13)25-19/h4-7,9,12,14-16H,8H2,1-3H3,(H3,21,22,23,24,25)/t12-,14-,15-,16-/m1/s1. The summed E-state index contributed by atoms with van der Waals surface area (Å²) in [4.78, 5) is 15.7. The van der Waals surface area contributed by atoms with E-state index in [1.54, 1.807) is 26.0 Å². The van der Waals surface area contributed by atoms with E-state index in [9.17, 15) is 8.42 Å². The van der Waals surface area contributed by atoms with E-state index in [0.717, 1.165) is 5.56 Å². The third-order valence-electron chi connectivity index (χ3n) is 5.45. The number of aromatic amines is 1. The minimum Gasteiger partial charge on any atom is -0.382 e. The summed E-state index contributed by atoms with van der Waals surface area (Å²) in [7, 11) is -3.96. The SMILES string of the molecule is Cc1ccc(S(=O)(=O)OC[C@H]2O[C@@H](c3nc4ncnc(N)c4[nH]3)[C@@H]3OC(C)(C)O[C@@H]32)cc1. The Kier molecular flexibility index (Phi) is 4.94. The van der Waals surface area contributed by atoms with Gasteiger partial charge >= 0.3 is 0 Å². The zero-order valence-corrected chi connectivity index (χ0v) is 18.5. The predicted molar refractivity (Wildman–Crippen MR) is 112 cm³/mol. The van der Waals surface area contributed by atoms with Gasteiger partial charge in [-0.15, -0.1) is 0 Å². The smallest absolute Gasteiger partial charge is 0.297 e. The lowest BCUT2D eigenvalue weighted by Gasteiger charge is -2.23. The Morgan fingerprint density at radius 2 is 1.88 bits per heavy atom. The summed E-state index contributed by atoms with van der Waals surface area (Å²) < 4.78 is 48.7. The van der Waals surface area contributed by atoms with Crippen LogP contribution in [-0.4, -0.2) is 59.1 Å². The molecule has 11 nitrogen and oxygen atoms in total. The molecule has 0 radical (unpaired) electrons. The molecule has 2 saturated heterocycles. The van der Waals surface area contributed by atoms with Crippen LogP contribution in [0.5, 0.6) is 0 Å². The third kappa shape index (κ3) is 3.73. The molecule has 4 atom stereocenters. The number of imidazole rings is 1. The number of ether oxygens (including phenoxy) is 3. The van der Waals surface area contributed by atoms with Crippen LogP contribution in [0.1, 0.15) is 31.3 Å². The van der Waals surface area contributed by atoms with E-state index in [-0.39, 0.29) is 17.3 Å². The topological polar surface area (TPSA) is 152 Å². The van der Waals surface area contributed by atoms with E-state index in [1.165, 1.54) is 18.5 Å². The summed E-state index contributed by atoms with van der Waals surface area (Å²) in [6.45, 7) is 5.20. The molecular weight excluding hydrogens is 438 g/mol. The van der Waals surface area contributed by atoms with Crippen LogP contribution < -0.4 is 5.73 Å². The highest BCUT2D eigenvalue weighted by Gasteiger charge is 2.56. The molecule has 2 aliphatic heterocycles. The molecular formula is C20H23N5O6S. The van der Waals surface area contributed by atoms with Crippen LogP contribution in [0.15, 0.2) is 35.5 Å². The van der Waals surface area contributed by atoms with Gasteiger partial charge in [-0.05, 0) is 32.9 Å². The summed E-state index contributed by atoms with van der Waals surface area (Å²) in [5.74, 6) is -0.181. The maximum absolute atomic E-state index is 12.6. The number of nitrogens with one attached hydrogen (secondary N) is 1. The zero-order chi connectivity index (χ0) is 22.7. The lowest BCUT2D eigenvalue weighted by molar-refractivity contribution is -0.190. The summed E-state index contributed by atoms with van der Waals surface area (Å²) in [6, 6.07) is 6.43. The van der Waals surface area contributed by atoms with Crippen molar-refractivity contribution >= 4 is 27.1 Å². The second kappa shape index (κ2) is 7.46. The molecule has 3 aromatic rings. The zero-order valence-electron chi connectivity index (χ0n) is 17.7. The van der Waals surface area contributed by atoms with E-state index in [0.29, 0.717) is 17.0 Å². The Labute approximate surface area is 184 Å². The first kappa shape index (κ1) is 21.2. The van der Waals surface area contributed by atoms with Crippen molar-refractivity contribution in [2.75, 3.05) is 12.3 Å². The van der Waals surface area contributed by atoms with Crippen molar-refractivity contribution in [1.82, 2.24) is 19.9 Å². The van der Waals surface area contributed by atoms with Crippen molar-refractivity contribution in [1.29, 1.82) is 0 Å². The van der Waals surface area contributed by atoms with Crippen LogP contribution in [0.25, 0.3) is 11.2 Å². The van der Waals surface area contributed by atoms with Crippen molar-refractivity contribution < 1.29 is 26.8 Å². The number of H-pyrrole nitrogens is 1. The molecule has 2 fully saturated rings. The number of hydrogen-bond acceptors (Lipinski definition) is 10. The van der Waals surface area contributed by atoms with E-state index < -0.39 is 40.3 Å². The highest BCUT2D eigenvalue weighted by atomic mass is 32.2. The van der Waals surface area contributed by atoms with Gasteiger partial charge in [0.2, 0.25) is 0 Å². The third-order valence-corrected chi connectivity index (χ3v) is 6.75. The largest absolute Gasteiger partial charge is 0.382 e. The lowest BCUT2D eigenvalue weighted by atomic mass is 10.1. The van der Waals surface area contributed by atoms with Crippen molar-refractivity contribution in [3.63, 3.8) is 0 Å². The molecule has 0 bridgehead atoms. The maximum Gasteiger partial charge on any atom is 0.297 e. The molecule has 4 heterocycles. The number of nitrogens with zero attached hydrogens (tertiary/aromatic N) is 3. The number of aryl methyl sites for hydroxylation is 1. The van der Waals surface area contributed by atoms with Gasteiger partial charge in [0.1, 0.15) is 42.1 Å². The number of nitrogens with two attached hydrogens (primary N) is 1. The van der Waals surface area contributed by atoms with Gasteiger partial charge in [0, 0.05) is 0 Å². The molecule has 12 heteroatoms. The number of anilines is 1. The van der Waals surface area contributed by atoms with Gasteiger partial charge in [-0.2, -0.15) is 8.42 Å². The lowest BCUT2D eigenvalue weighted by Crippen LogP contribution is -2.33. The van der Waals surface area contributed by atoms with Crippen molar-refractivity contribution in [2.24, 2.45) is 0 Å². The monoisotopic (exact) mass is 461 g/mol. The molecule has 0 amide bonds. The first-order chi connectivity index (χ1) is 15.1. The average Bonchev–Trinajstić information content (AvgIpc) is 3.38. The van der Waals surface area contributed by atoms with Crippen LogP contribution in [0.2, 0.25) is 0 Å². The fourth-order valence-corrected chi connectivity index (χ4v) is 4.88. The molecule has 2 aromatic heterocycles. The highest BCUT2D eigenvalue weighted by molar-refractivity contribution is 7.86. The van der Waals surface area contributed by atoms with Crippen molar-refractivity contribution in [3.8, 4) is 0 Å². The molecule has 0 aliphatic carbocycles. The number of rotatable bonds is 5.